The SMILES string of the molecule is N#CC1=C(c2ccc(C(=O)O)cc2)COC1=O. The van der Waals surface area contributed by atoms with E-state index in [4.69, 9.17) is 15.1 Å². The molecular formula is C12H7NO4. The fraction of sp³-hybridized carbons (Fsp3) is 0.0833. The van der Waals surface area contributed by atoms with Crippen molar-refractivity contribution in [2.24, 2.45) is 0 Å². The van der Waals surface area contributed by atoms with Gasteiger partial charge in [-0.05, 0) is 17.7 Å². The first-order valence-corrected chi connectivity index (χ1v) is 4.77. The number of hydrogen-bond acceptors (Lipinski definition) is 4. The summed E-state index contributed by atoms with van der Waals surface area (Å²) in [5.74, 6) is -1.66. The second kappa shape index (κ2) is 4.10. The maximum Gasteiger partial charge on any atom is 0.349 e. The van der Waals surface area contributed by atoms with Crippen molar-refractivity contribution in [2.75, 3.05) is 6.61 Å². The third-order valence-electron chi connectivity index (χ3n) is 2.45. The Bertz CT molecular complexity index is 563. The number of aromatic carboxylic acids is 1. The minimum atomic E-state index is -1.02. The maximum absolute atomic E-state index is 11.2. The van der Waals surface area contributed by atoms with Crippen LogP contribution in [-0.2, 0) is 9.53 Å². The van der Waals surface area contributed by atoms with Crippen molar-refractivity contribution in [3.63, 3.8) is 0 Å². The number of nitriles is 1. The van der Waals surface area contributed by atoms with Gasteiger partial charge in [0, 0.05) is 5.57 Å². The van der Waals surface area contributed by atoms with Crippen LogP contribution in [0.15, 0.2) is 29.8 Å². The number of esters is 1. The van der Waals surface area contributed by atoms with Crippen LogP contribution < -0.4 is 0 Å². The number of hydrogen-bond donors (Lipinski definition) is 1. The van der Waals surface area contributed by atoms with Crippen molar-refractivity contribution in [3.05, 3.63) is 41.0 Å². The minimum absolute atomic E-state index is 0.0203. The number of rotatable bonds is 2. The highest BCUT2D eigenvalue weighted by Crippen LogP contribution is 2.25. The van der Waals surface area contributed by atoms with E-state index in [-0.39, 0.29) is 17.7 Å². The van der Waals surface area contributed by atoms with Gasteiger partial charge in [0.05, 0.1) is 5.56 Å². The molecule has 1 aliphatic heterocycles. The standard InChI is InChI=1S/C12H7NO4/c13-5-9-10(6-17-12(9)16)7-1-3-8(4-2-7)11(14)15/h1-4H,6H2,(H,14,15). The van der Waals surface area contributed by atoms with Crippen LogP contribution in [0.5, 0.6) is 0 Å². The average molecular weight is 229 g/mol. The summed E-state index contributed by atoms with van der Waals surface area (Å²) in [6.07, 6.45) is 0. The van der Waals surface area contributed by atoms with Gasteiger partial charge in [0.15, 0.2) is 0 Å². The van der Waals surface area contributed by atoms with Gasteiger partial charge in [0.1, 0.15) is 18.2 Å². The zero-order valence-corrected chi connectivity index (χ0v) is 8.64. The molecule has 5 heteroatoms. The third-order valence-corrected chi connectivity index (χ3v) is 2.45. The molecule has 0 unspecified atom stereocenters. The van der Waals surface area contributed by atoms with E-state index >= 15 is 0 Å². The number of carbonyl (C=O) groups is 2. The van der Waals surface area contributed by atoms with Gasteiger partial charge in [-0.2, -0.15) is 5.26 Å². The molecule has 1 aromatic carbocycles. The van der Waals surface area contributed by atoms with E-state index in [2.05, 4.69) is 0 Å². The summed E-state index contributed by atoms with van der Waals surface area (Å²) in [5.41, 5.74) is 1.25. The van der Waals surface area contributed by atoms with Crippen molar-refractivity contribution in [1.29, 1.82) is 5.26 Å². The molecule has 1 heterocycles. The zero-order chi connectivity index (χ0) is 12.4. The second-order valence-corrected chi connectivity index (χ2v) is 3.42. The number of carboxylic acid groups (broad SMARTS) is 1. The molecule has 0 aromatic heterocycles. The molecule has 5 nitrogen and oxygen atoms in total. The molecule has 0 aliphatic carbocycles. The smallest absolute Gasteiger partial charge is 0.349 e. The van der Waals surface area contributed by atoms with Crippen LogP contribution in [0.4, 0.5) is 0 Å². The minimum Gasteiger partial charge on any atom is -0.478 e. The van der Waals surface area contributed by atoms with E-state index in [1.165, 1.54) is 12.1 Å². The lowest BCUT2D eigenvalue weighted by atomic mass is 10.0. The molecular weight excluding hydrogens is 222 g/mol. The first-order chi connectivity index (χ1) is 8.13. The summed E-state index contributed by atoms with van der Waals surface area (Å²) in [5, 5.41) is 17.5. The summed E-state index contributed by atoms with van der Waals surface area (Å²) >= 11 is 0. The first kappa shape index (κ1) is 10.9. The number of carbonyl (C=O) groups excluding carboxylic acids is 1. The Morgan fingerprint density at radius 2 is 2.00 bits per heavy atom. The Kier molecular flexibility index (Phi) is 2.63. The van der Waals surface area contributed by atoms with Gasteiger partial charge in [-0.25, -0.2) is 9.59 Å². The Hall–Kier alpha value is -2.61. The molecule has 17 heavy (non-hydrogen) atoms. The summed E-state index contributed by atoms with van der Waals surface area (Å²) in [7, 11) is 0. The van der Waals surface area contributed by atoms with E-state index in [1.54, 1.807) is 18.2 Å². The maximum atomic E-state index is 11.2. The van der Waals surface area contributed by atoms with Gasteiger partial charge < -0.3 is 9.84 Å². The molecule has 1 N–H and O–H groups in total. The molecule has 2 rings (SSSR count). The molecule has 1 aliphatic rings. The average Bonchev–Trinajstić information content (AvgIpc) is 2.70. The van der Waals surface area contributed by atoms with Crippen LogP contribution in [0.2, 0.25) is 0 Å². The van der Waals surface area contributed by atoms with Gasteiger partial charge >= 0.3 is 11.9 Å². The first-order valence-electron chi connectivity index (χ1n) is 4.77. The van der Waals surface area contributed by atoms with Crippen LogP contribution in [0, 0.1) is 11.3 Å². The summed E-state index contributed by atoms with van der Waals surface area (Å²) in [6, 6.07) is 7.73. The highest BCUT2D eigenvalue weighted by atomic mass is 16.5. The van der Waals surface area contributed by atoms with Gasteiger partial charge in [-0.3, -0.25) is 0 Å². The molecule has 1 aromatic rings. The van der Waals surface area contributed by atoms with E-state index < -0.39 is 11.9 Å². The summed E-state index contributed by atoms with van der Waals surface area (Å²) in [6.45, 7) is 0.0497. The van der Waals surface area contributed by atoms with E-state index in [0.717, 1.165) is 0 Å². The molecule has 0 bridgehead atoms. The van der Waals surface area contributed by atoms with Crippen LogP contribution >= 0.6 is 0 Å². The lowest BCUT2D eigenvalue weighted by molar-refractivity contribution is -0.135. The third kappa shape index (κ3) is 1.88. The highest BCUT2D eigenvalue weighted by Gasteiger charge is 2.25. The molecule has 0 radical (unpaired) electrons. The second-order valence-electron chi connectivity index (χ2n) is 3.42. The lowest BCUT2D eigenvalue weighted by Gasteiger charge is -2.01. The molecule has 0 amide bonds. The predicted molar refractivity (Wildman–Crippen MR) is 56.9 cm³/mol. The number of cyclic esters (lactones) is 1. The normalized spacial score (nSPS) is 14.4. The Labute approximate surface area is 96.5 Å². The largest absolute Gasteiger partial charge is 0.478 e. The van der Waals surface area contributed by atoms with E-state index in [9.17, 15) is 9.59 Å². The Balaban J connectivity index is 2.42. The number of benzene rings is 1. The van der Waals surface area contributed by atoms with Gasteiger partial charge in [0.2, 0.25) is 0 Å². The predicted octanol–water partition coefficient (Wildman–Crippen LogP) is 1.22. The Morgan fingerprint density at radius 1 is 1.35 bits per heavy atom. The number of carboxylic acids is 1. The van der Waals surface area contributed by atoms with Crippen molar-refractivity contribution < 1.29 is 19.4 Å². The fourth-order valence-corrected chi connectivity index (χ4v) is 1.56. The lowest BCUT2D eigenvalue weighted by Crippen LogP contribution is -1.96. The molecule has 0 saturated heterocycles. The van der Waals surface area contributed by atoms with Crippen LogP contribution in [0.25, 0.3) is 5.57 Å². The Morgan fingerprint density at radius 3 is 2.53 bits per heavy atom. The molecule has 0 atom stereocenters. The van der Waals surface area contributed by atoms with Crippen molar-refractivity contribution in [1.82, 2.24) is 0 Å². The quantitative estimate of drug-likeness (QED) is 0.770. The monoisotopic (exact) mass is 229 g/mol. The topological polar surface area (TPSA) is 87.4 Å². The van der Waals surface area contributed by atoms with Crippen LogP contribution in [0.1, 0.15) is 15.9 Å². The number of ether oxygens (including phenoxy) is 1. The summed E-state index contributed by atoms with van der Waals surface area (Å²) < 4.78 is 4.75. The van der Waals surface area contributed by atoms with Crippen molar-refractivity contribution >= 4 is 17.5 Å². The van der Waals surface area contributed by atoms with Crippen LogP contribution in [0.3, 0.4) is 0 Å². The fourth-order valence-electron chi connectivity index (χ4n) is 1.56. The van der Waals surface area contributed by atoms with E-state index in [0.29, 0.717) is 11.1 Å². The zero-order valence-electron chi connectivity index (χ0n) is 8.64. The number of nitrogens with zero attached hydrogens (tertiary/aromatic N) is 1. The molecule has 0 saturated carbocycles. The molecule has 0 spiro atoms. The summed E-state index contributed by atoms with van der Waals surface area (Å²) in [4.78, 5) is 21.8. The van der Waals surface area contributed by atoms with Gasteiger partial charge in [-0.1, -0.05) is 12.1 Å². The van der Waals surface area contributed by atoms with Crippen molar-refractivity contribution in [2.45, 2.75) is 0 Å². The van der Waals surface area contributed by atoms with Crippen LogP contribution in [-0.4, -0.2) is 23.7 Å². The van der Waals surface area contributed by atoms with Gasteiger partial charge in [0.25, 0.3) is 0 Å². The van der Waals surface area contributed by atoms with E-state index in [1.807, 2.05) is 0 Å². The molecule has 0 fully saturated rings. The van der Waals surface area contributed by atoms with Crippen molar-refractivity contribution in [3.8, 4) is 6.07 Å². The highest BCUT2D eigenvalue weighted by molar-refractivity contribution is 6.05. The van der Waals surface area contributed by atoms with Gasteiger partial charge in [-0.15, -0.1) is 0 Å². The molecule has 84 valence electrons.